The SMILES string of the molecule is COCCN(C(=O)C1CCC1)c1nnc(-c2cc(OC)cc(OC)c2)s1. The van der Waals surface area contributed by atoms with Gasteiger partial charge in [-0.3, -0.25) is 9.69 Å². The van der Waals surface area contributed by atoms with Crippen LogP contribution < -0.4 is 14.4 Å². The molecule has 2 aromatic rings. The Hall–Kier alpha value is -2.19. The second kappa shape index (κ2) is 8.46. The third-order valence-corrected chi connectivity index (χ3v) is 5.48. The maximum Gasteiger partial charge on any atom is 0.232 e. The summed E-state index contributed by atoms with van der Waals surface area (Å²) in [4.78, 5) is 14.4. The molecule has 1 aliphatic carbocycles. The molecule has 0 saturated heterocycles. The first-order valence-electron chi connectivity index (χ1n) is 8.53. The molecule has 0 bridgehead atoms. The standard InChI is InChI=1S/C18H23N3O4S/c1-23-8-7-21(17(22)12-5-4-6-12)18-20-19-16(26-18)13-9-14(24-2)11-15(10-13)25-3/h9-12H,4-8H2,1-3H3. The minimum atomic E-state index is 0.0936. The van der Waals surface area contributed by atoms with Gasteiger partial charge in [-0.15, -0.1) is 10.2 Å². The molecule has 140 valence electrons. The van der Waals surface area contributed by atoms with Gasteiger partial charge in [0.2, 0.25) is 11.0 Å². The first kappa shape index (κ1) is 18.6. The average Bonchev–Trinajstić information content (AvgIpc) is 3.10. The molecule has 0 spiro atoms. The van der Waals surface area contributed by atoms with Crippen molar-refractivity contribution in [2.24, 2.45) is 5.92 Å². The van der Waals surface area contributed by atoms with E-state index in [1.165, 1.54) is 11.3 Å². The van der Waals surface area contributed by atoms with Crippen molar-refractivity contribution in [1.82, 2.24) is 10.2 Å². The van der Waals surface area contributed by atoms with Gasteiger partial charge in [0.05, 0.1) is 27.4 Å². The molecule has 0 aliphatic heterocycles. The number of aromatic nitrogens is 2. The van der Waals surface area contributed by atoms with E-state index in [0.717, 1.165) is 24.8 Å². The second-order valence-electron chi connectivity index (χ2n) is 6.10. The summed E-state index contributed by atoms with van der Waals surface area (Å²) in [5.41, 5.74) is 0.840. The molecule has 26 heavy (non-hydrogen) atoms. The molecule has 1 fully saturated rings. The van der Waals surface area contributed by atoms with E-state index in [-0.39, 0.29) is 11.8 Å². The summed E-state index contributed by atoms with van der Waals surface area (Å²) in [6, 6.07) is 5.55. The van der Waals surface area contributed by atoms with Crippen molar-refractivity contribution in [2.45, 2.75) is 19.3 Å². The number of hydrogen-bond acceptors (Lipinski definition) is 7. The van der Waals surface area contributed by atoms with Crippen LogP contribution in [-0.4, -0.2) is 50.6 Å². The van der Waals surface area contributed by atoms with E-state index in [4.69, 9.17) is 14.2 Å². The number of anilines is 1. The Kier molecular flexibility index (Phi) is 6.05. The molecule has 8 heteroatoms. The zero-order valence-electron chi connectivity index (χ0n) is 15.2. The Balaban J connectivity index is 1.87. The number of benzene rings is 1. The molecule has 1 saturated carbocycles. The summed E-state index contributed by atoms with van der Waals surface area (Å²) >= 11 is 1.38. The highest BCUT2D eigenvalue weighted by atomic mass is 32.1. The highest BCUT2D eigenvalue weighted by molar-refractivity contribution is 7.18. The molecule has 7 nitrogen and oxygen atoms in total. The van der Waals surface area contributed by atoms with E-state index in [0.29, 0.717) is 34.8 Å². The number of methoxy groups -OCH3 is 3. The van der Waals surface area contributed by atoms with Crippen molar-refractivity contribution in [2.75, 3.05) is 39.4 Å². The quantitative estimate of drug-likeness (QED) is 0.704. The fourth-order valence-electron chi connectivity index (χ4n) is 2.73. The van der Waals surface area contributed by atoms with Gasteiger partial charge in [0.25, 0.3) is 0 Å². The van der Waals surface area contributed by atoms with Crippen LogP contribution in [0.4, 0.5) is 5.13 Å². The first-order chi connectivity index (χ1) is 12.7. The van der Waals surface area contributed by atoms with Crippen molar-refractivity contribution in [1.29, 1.82) is 0 Å². The number of ether oxygens (including phenoxy) is 3. The number of amides is 1. The van der Waals surface area contributed by atoms with Crippen molar-refractivity contribution >= 4 is 22.4 Å². The lowest BCUT2D eigenvalue weighted by atomic mass is 9.84. The average molecular weight is 377 g/mol. The van der Waals surface area contributed by atoms with Crippen LogP contribution in [0.25, 0.3) is 10.6 Å². The van der Waals surface area contributed by atoms with Crippen LogP contribution in [0, 0.1) is 5.92 Å². The first-order valence-corrected chi connectivity index (χ1v) is 9.35. The van der Waals surface area contributed by atoms with E-state index in [2.05, 4.69) is 10.2 Å². The van der Waals surface area contributed by atoms with Crippen LogP contribution in [0.1, 0.15) is 19.3 Å². The molecule has 0 N–H and O–H groups in total. The molecule has 0 radical (unpaired) electrons. The van der Waals surface area contributed by atoms with Gasteiger partial charge in [-0.2, -0.15) is 0 Å². The van der Waals surface area contributed by atoms with Crippen LogP contribution in [0.2, 0.25) is 0 Å². The van der Waals surface area contributed by atoms with E-state index in [1.807, 2.05) is 12.1 Å². The van der Waals surface area contributed by atoms with Gasteiger partial charge in [0, 0.05) is 24.7 Å². The van der Waals surface area contributed by atoms with Crippen LogP contribution in [-0.2, 0) is 9.53 Å². The Morgan fingerprint density at radius 3 is 2.38 bits per heavy atom. The van der Waals surface area contributed by atoms with E-state index in [1.54, 1.807) is 32.3 Å². The summed E-state index contributed by atoms with van der Waals surface area (Å²) in [5, 5.41) is 9.83. The number of hydrogen-bond donors (Lipinski definition) is 0. The molecule has 1 aromatic carbocycles. The molecular weight excluding hydrogens is 354 g/mol. The summed E-state index contributed by atoms with van der Waals surface area (Å²) in [6.45, 7) is 0.933. The molecule has 1 heterocycles. The largest absolute Gasteiger partial charge is 0.497 e. The molecule has 1 aliphatic rings. The summed E-state index contributed by atoms with van der Waals surface area (Å²) < 4.78 is 15.8. The van der Waals surface area contributed by atoms with E-state index < -0.39 is 0 Å². The summed E-state index contributed by atoms with van der Waals surface area (Å²) in [5.74, 6) is 1.56. The van der Waals surface area contributed by atoms with Crippen molar-refractivity contribution in [3.63, 3.8) is 0 Å². The van der Waals surface area contributed by atoms with Crippen LogP contribution >= 0.6 is 11.3 Å². The maximum absolute atomic E-state index is 12.7. The van der Waals surface area contributed by atoms with E-state index >= 15 is 0 Å². The summed E-state index contributed by atoms with van der Waals surface area (Å²) in [6.07, 6.45) is 3.00. The molecule has 1 aromatic heterocycles. The van der Waals surface area contributed by atoms with Crippen molar-refractivity contribution in [3.05, 3.63) is 18.2 Å². The van der Waals surface area contributed by atoms with Crippen molar-refractivity contribution in [3.8, 4) is 22.1 Å². The van der Waals surface area contributed by atoms with Crippen LogP contribution in [0.3, 0.4) is 0 Å². The highest BCUT2D eigenvalue weighted by Gasteiger charge is 2.31. The third-order valence-electron chi connectivity index (χ3n) is 4.48. The topological polar surface area (TPSA) is 73.8 Å². The van der Waals surface area contributed by atoms with Gasteiger partial charge in [-0.25, -0.2) is 0 Å². The van der Waals surface area contributed by atoms with Gasteiger partial charge < -0.3 is 14.2 Å². The van der Waals surface area contributed by atoms with Crippen LogP contribution in [0.5, 0.6) is 11.5 Å². The number of carbonyl (C=O) groups excluding carboxylic acids is 1. The number of rotatable bonds is 8. The Bertz CT molecular complexity index is 738. The number of nitrogens with zero attached hydrogens (tertiary/aromatic N) is 3. The summed E-state index contributed by atoms with van der Waals surface area (Å²) in [7, 11) is 4.84. The molecular formula is C18H23N3O4S. The number of carbonyl (C=O) groups is 1. The highest BCUT2D eigenvalue weighted by Crippen LogP contribution is 2.35. The van der Waals surface area contributed by atoms with Crippen LogP contribution in [0.15, 0.2) is 18.2 Å². The zero-order valence-corrected chi connectivity index (χ0v) is 16.0. The van der Waals surface area contributed by atoms with Gasteiger partial charge in [-0.1, -0.05) is 17.8 Å². The lowest BCUT2D eigenvalue weighted by Crippen LogP contribution is -2.40. The molecule has 0 unspecified atom stereocenters. The fraction of sp³-hybridized carbons (Fsp3) is 0.500. The minimum absolute atomic E-state index is 0.0936. The molecule has 3 rings (SSSR count). The Labute approximate surface area is 156 Å². The van der Waals surface area contributed by atoms with Gasteiger partial charge in [0.15, 0.2) is 0 Å². The Morgan fingerprint density at radius 2 is 1.85 bits per heavy atom. The third kappa shape index (κ3) is 3.96. The molecule has 0 atom stereocenters. The second-order valence-corrected chi connectivity index (χ2v) is 7.06. The van der Waals surface area contributed by atoms with Crippen molar-refractivity contribution < 1.29 is 19.0 Å². The minimum Gasteiger partial charge on any atom is -0.497 e. The van der Waals surface area contributed by atoms with Gasteiger partial charge >= 0.3 is 0 Å². The normalized spacial score (nSPS) is 14.0. The lowest BCUT2D eigenvalue weighted by Gasteiger charge is -2.29. The maximum atomic E-state index is 12.7. The smallest absolute Gasteiger partial charge is 0.232 e. The zero-order chi connectivity index (χ0) is 18.5. The lowest BCUT2D eigenvalue weighted by molar-refractivity contribution is -0.124. The van der Waals surface area contributed by atoms with Gasteiger partial charge in [-0.05, 0) is 25.0 Å². The Morgan fingerprint density at radius 1 is 1.15 bits per heavy atom. The fourth-order valence-corrected chi connectivity index (χ4v) is 3.59. The monoisotopic (exact) mass is 377 g/mol. The predicted octanol–water partition coefficient (Wildman–Crippen LogP) is 3.00. The van der Waals surface area contributed by atoms with Gasteiger partial charge in [0.1, 0.15) is 16.5 Å². The van der Waals surface area contributed by atoms with E-state index in [9.17, 15) is 4.79 Å². The molecule has 1 amide bonds. The predicted molar refractivity (Wildman–Crippen MR) is 100 cm³/mol.